The van der Waals surface area contributed by atoms with Gasteiger partial charge in [-0.3, -0.25) is 4.79 Å². The molecule has 0 atom stereocenters. The maximum absolute atomic E-state index is 13.6. The Kier molecular flexibility index (Phi) is 6.41. The third-order valence-corrected chi connectivity index (χ3v) is 5.93. The van der Waals surface area contributed by atoms with E-state index >= 15 is 0 Å². The molecule has 0 fully saturated rings. The number of nitrogens with one attached hydrogen (secondary N) is 1. The number of thiazole rings is 1. The molecule has 2 aromatic carbocycles. The fraction of sp³-hybridized carbons (Fsp3) is 0.200. The van der Waals surface area contributed by atoms with Crippen LogP contribution in [0.5, 0.6) is 0 Å². The topological polar surface area (TPSA) is 42.0 Å². The highest BCUT2D eigenvalue weighted by atomic mass is 32.2. The van der Waals surface area contributed by atoms with Gasteiger partial charge in [0.2, 0.25) is 5.91 Å². The van der Waals surface area contributed by atoms with Crippen molar-refractivity contribution >= 4 is 29.0 Å². The van der Waals surface area contributed by atoms with Crippen molar-refractivity contribution in [1.82, 2.24) is 10.3 Å². The summed E-state index contributed by atoms with van der Waals surface area (Å²) >= 11 is 3.21. The van der Waals surface area contributed by atoms with E-state index in [1.165, 1.54) is 17.2 Å². The molecule has 3 nitrogen and oxygen atoms in total. The summed E-state index contributed by atoms with van der Waals surface area (Å²) in [7, 11) is 0. The minimum atomic E-state index is -0.309. The molecule has 0 radical (unpaired) electrons. The number of nitrogens with zero attached hydrogens (tertiary/aromatic N) is 1. The van der Waals surface area contributed by atoms with Gasteiger partial charge in [0, 0.05) is 23.2 Å². The quantitative estimate of drug-likeness (QED) is 0.596. The monoisotopic (exact) mass is 386 g/mol. The molecule has 1 amide bonds. The molecule has 0 spiro atoms. The van der Waals surface area contributed by atoms with E-state index < -0.39 is 0 Å². The minimum Gasteiger partial charge on any atom is -0.352 e. The van der Waals surface area contributed by atoms with Crippen molar-refractivity contribution in [3.05, 3.63) is 82.1 Å². The summed E-state index contributed by atoms with van der Waals surface area (Å²) in [6.45, 7) is 2.26. The third kappa shape index (κ3) is 5.41. The number of rotatable bonds is 7. The van der Waals surface area contributed by atoms with Crippen LogP contribution in [0.15, 0.2) is 58.3 Å². The summed E-state index contributed by atoms with van der Waals surface area (Å²) in [5, 5.41) is 4.64. The van der Waals surface area contributed by atoms with E-state index in [0.29, 0.717) is 5.56 Å². The second-order valence-electron chi connectivity index (χ2n) is 5.92. The Morgan fingerprint density at radius 2 is 1.96 bits per heavy atom. The second kappa shape index (κ2) is 8.96. The van der Waals surface area contributed by atoms with Crippen LogP contribution in [0, 0.1) is 12.7 Å². The second-order valence-corrected chi connectivity index (χ2v) is 8.00. The average Bonchev–Trinajstić information content (AvgIpc) is 3.08. The predicted molar refractivity (Wildman–Crippen MR) is 105 cm³/mol. The number of amides is 1. The highest BCUT2D eigenvalue weighted by Crippen LogP contribution is 2.26. The minimum absolute atomic E-state index is 0.159. The van der Waals surface area contributed by atoms with E-state index in [9.17, 15) is 9.18 Å². The fourth-order valence-electron chi connectivity index (χ4n) is 2.33. The van der Waals surface area contributed by atoms with Crippen molar-refractivity contribution in [3.63, 3.8) is 0 Å². The van der Waals surface area contributed by atoms with Crippen LogP contribution < -0.4 is 5.32 Å². The number of carbonyl (C=O) groups is 1. The van der Waals surface area contributed by atoms with Crippen LogP contribution in [0.3, 0.4) is 0 Å². The van der Waals surface area contributed by atoms with Crippen LogP contribution in [0.2, 0.25) is 0 Å². The normalized spacial score (nSPS) is 10.7. The summed E-state index contributed by atoms with van der Waals surface area (Å²) in [6.07, 6.45) is 0.204. The van der Waals surface area contributed by atoms with Gasteiger partial charge in [-0.2, -0.15) is 0 Å². The lowest BCUT2D eigenvalue weighted by Crippen LogP contribution is -2.25. The number of benzene rings is 2. The van der Waals surface area contributed by atoms with Gasteiger partial charge in [-0.15, -0.1) is 11.3 Å². The van der Waals surface area contributed by atoms with Gasteiger partial charge in [-0.05, 0) is 18.6 Å². The molecule has 0 aliphatic carbocycles. The van der Waals surface area contributed by atoms with Crippen molar-refractivity contribution in [1.29, 1.82) is 0 Å². The summed E-state index contributed by atoms with van der Waals surface area (Å²) in [5.41, 5.74) is 3.72. The van der Waals surface area contributed by atoms with Crippen LogP contribution in [0.4, 0.5) is 4.39 Å². The number of halogens is 1. The van der Waals surface area contributed by atoms with Gasteiger partial charge in [-0.1, -0.05) is 59.8 Å². The molecule has 3 aromatic rings. The predicted octanol–water partition coefficient (Wildman–Crippen LogP) is 4.74. The zero-order valence-corrected chi connectivity index (χ0v) is 16.0. The maximum atomic E-state index is 13.6. The molecule has 0 aliphatic heterocycles. The molecular weight excluding hydrogens is 367 g/mol. The van der Waals surface area contributed by atoms with Gasteiger partial charge in [0.15, 0.2) is 0 Å². The van der Waals surface area contributed by atoms with Crippen molar-refractivity contribution in [3.8, 4) is 0 Å². The fourth-order valence-corrected chi connectivity index (χ4v) is 4.13. The molecule has 1 heterocycles. The van der Waals surface area contributed by atoms with E-state index in [1.54, 1.807) is 41.3 Å². The van der Waals surface area contributed by atoms with Crippen molar-refractivity contribution in [2.75, 3.05) is 0 Å². The van der Waals surface area contributed by atoms with Crippen molar-refractivity contribution in [2.45, 2.75) is 30.0 Å². The zero-order valence-electron chi connectivity index (χ0n) is 14.4. The average molecular weight is 387 g/mol. The number of hydrogen-bond acceptors (Lipinski definition) is 4. The lowest BCUT2D eigenvalue weighted by atomic mass is 10.2. The van der Waals surface area contributed by atoms with E-state index in [4.69, 9.17) is 0 Å². The molecule has 6 heteroatoms. The molecule has 0 unspecified atom stereocenters. The summed E-state index contributed by atoms with van der Waals surface area (Å²) < 4.78 is 14.5. The van der Waals surface area contributed by atoms with E-state index in [-0.39, 0.29) is 24.7 Å². The smallest absolute Gasteiger partial charge is 0.226 e. The number of aromatic nitrogens is 1. The van der Waals surface area contributed by atoms with Gasteiger partial charge in [0.1, 0.15) is 10.2 Å². The molecule has 0 saturated carbocycles. The van der Waals surface area contributed by atoms with Gasteiger partial charge >= 0.3 is 0 Å². The van der Waals surface area contributed by atoms with Gasteiger partial charge in [0.05, 0.1) is 12.1 Å². The highest BCUT2D eigenvalue weighted by molar-refractivity contribution is 8.00. The van der Waals surface area contributed by atoms with Gasteiger partial charge in [0.25, 0.3) is 0 Å². The molecule has 1 aromatic heterocycles. The molecule has 1 N–H and O–H groups in total. The molecule has 0 bridgehead atoms. The molecule has 0 aliphatic rings. The van der Waals surface area contributed by atoms with Crippen LogP contribution in [-0.4, -0.2) is 10.9 Å². The van der Waals surface area contributed by atoms with Gasteiger partial charge < -0.3 is 5.32 Å². The third-order valence-electron chi connectivity index (χ3n) is 3.79. The van der Waals surface area contributed by atoms with E-state index in [1.807, 2.05) is 5.38 Å². The maximum Gasteiger partial charge on any atom is 0.226 e. The molecule has 3 rings (SSSR count). The summed E-state index contributed by atoms with van der Waals surface area (Å²) in [6, 6.07) is 14.9. The Labute approximate surface area is 160 Å². The van der Waals surface area contributed by atoms with Gasteiger partial charge in [-0.25, -0.2) is 9.37 Å². The van der Waals surface area contributed by atoms with Crippen LogP contribution in [-0.2, 0) is 23.5 Å². The Balaban J connectivity index is 1.47. The summed E-state index contributed by atoms with van der Waals surface area (Å²) in [5.74, 6) is 0.386. The number of hydrogen-bond donors (Lipinski definition) is 1. The Bertz CT molecular complexity index is 878. The largest absolute Gasteiger partial charge is 0.352 e. The van der Waals surface area contributed by atoms with Crippen molar-refractivity contribution < 1.29 is 9.18 Å². The number of thioether (sulfide) groups is 1. The van der Waals surface area contributed by atoms with E-state index in [2.05, 4.69) is 41.5 Å². The first-order chi connectivity index (χ1) is 12.6. The lowest BCUT2D eigenvalue weighted by Gasteiger charge is -2.05. The number of carbonyl (C=O) groups excluding carboxylic acids is 1. The lowest BCUT2D eigenvalue weighted by molar-refractivity contribution is -0.120. The van der Waals surface area contributed by atoms with Crippen LogP contribution in [0.1, 0.15) is 22.4 Å². The molecule has 0 saturated heterocycles. The molecule has 134 valence electrons. The number of aryl methyl sites for hydroxylation is 1. The van der Waals surface area contributed by atoms with Crippen LogP contribution >= 0.6 is 23.1 Å². The Hall–Kier alpha value is -2.18. The molecule has 26 heavy (non-hydrogen) atoms. The SMILES string of the molecule is Cc1ccc(CSc2nc(CC(=O)NCc3ccccc3F)cs2)cc1. The van der Waals surface area contributed by atoms with Crippen LogP contribution in [0.25, 0.3) is 0 Å². The Morgan fingerprint density at radius 1 is 1.19 bits per heavy atom. The molecular formula is C20H19FN2OS2. The van der Waals surface area contributed by atoms with Crippen molar-refractivity contribution in [2.24, 2.45) is 0 Å². The first kappa shape index (κ1) is 18.6. The first-order valence-electron chi connectivity index (χ1n) is 8.23. The zero-order chi connectivity index (χ0) is 18.4. The summed E-state index contributed by atoms with van der Waals surface area (Å²) in [4.78, 5) is 16.5. The Morgan fingerprint density at radius 3 is 2.73 bits per heavy atom. The standard InChI is InChI=1S/C20H19FN2OS2/c1-14-6-8-15(9-7-14)12-25-20-23-17(13-26-20)10-19(24)22-11-16-4-2-3-5-18(16)21/h2-9,13H,10-12H2,1H3,(H,22,24). The van der Waals surface area contributed by atoms with E-state index in [0.717, 1.165) is 15.8 Å². The first-order valence-corrected chi connectivity index (χ1v) is 10.1. The highest BCUT2D eigenvalue weighted by Gasteiger charge is 2.09.